The third kappa shape index (κ3) is 3.96. The molecule has 2 unspecified atom stereocenters. The number of hydrogen-bond acceptors (Lipinski definition) is 2. The zero-order chi connectivity index (χ0) is 12.4. The Labute approximate surface area is 106 Å². The summed E-state index contributed by atoms with van der Waals surface area (Å²) in [5, 5.41) is 0. The van der Waals surface area contributed by atoms with Gasteiger partial charge in [-0.25, -0.2) is 0 Å². The van der Waals surface area contributed by atoms with Gasteiger partial charge >= 0.3 is 0 Å². The van der Waals surface area contributed by atoms with Gasteiger partial charge in [0.25, 0.3) is 0 Å². The number of nitrogens with two attached hydrogens (primary N) is 1. The second-order valence-electron chi connectivity index (χ2n) is 7.08. The van der Waals surface area contributed by atoms with Crippen LogP contribution >= 0.6 is 0 Å². The summed E-state index contributed by atoms with van der Waals surface area (Å²) in [4.78, 5) is 0. The van der Waals surface area contributed by atoms with E-state index < -0.39 is 0 Å². The minimum Gasteiger partial charge on any atom is -0.378 e. The molecule has 0 amide bonds. The Kier molecular flexibility index (Phi) is 4.14. The third-order valence-electron chi connectivity index (χ3n) is 4.58. The van der Waals surface area contributed by atoms with Crippen molar-refractivity contribution in [1.82, 2.24) is 0 Å². The largest absolute Gasteiger partial charge is 0.378 e. The van der Waals surface area contributed by atoms with Gasteiger partial charge in [-0.05, 0) is 56.8 Å². The first-order valence-electron chi connectivity index (χ1n) is 7.40. The molecule has 0 spiro atoms. The van der Waals surface area contributed by atoms with Gasteiger partial charge in [0.1, 0.15) is 0 Å². The van der Waals surface area contributed by atoms with Crippen molar-refractivity contribution in [3.05, 3.63) is 0 Å². The van der Waals surface area contributed by atoms with Gasteiger partial charge < -0.3 is 10.5 Å². The maximum atomic E-state index is 6.58. The van der Waals surface area contributed by atoms with E-state index in [4.69, 9.17) is 10.5 Å². The quantitative estimate of drug-likeness (QED) is 0.813. The van der Waals surface area contributed by atoms with Gasteiger partial charge in [-0.3, -0.25) is 0 Å². The third-order valence-corrected chi connectivity index (χ3v) is 4.58. The van der Waals surface area contributed by atoms with Crippen molar-refractivity contribution < 1.29 is 4.74 Å². The fraction of sp³-hybridized carbons (Fsp3) is 1.00. The van der Waals surface area contributed by atoms with E-state index in [-0.39, 0.29) is 5.54 Å². The normalized spacial score (nSPS) is 37.2. The van der Waals surface area contributed by atoms with Crippen LogP contribution in [0.25, 0.3) is 0 Å². The number of hydrogen-bond donors (Lipinski definition) is 1. The van der Waals surface area contributed by atoms with Gasteiger partial charge in [0.2, 0.25) is 0 Å². The predicted molar refractivity (Wildman–Crippen MR) is 72.0 cm³/mol. The first-order chi connectivity index (χ1) is 7.99. The topological polar surface area (TPSA) is 35.2 Å². The Bertz CT molecular complexity index is 245. The van der Waals surface area contributed by atoms with Crippen LogP contribution in [0, 0.1) is 5.41 Å². The van der Waals surface area contributed by atoms with Gasteiger partial charge in [0, 0.05) is 12.1 Å². The SMILES string of the molecule is CC1(C)CCCC(N)(CCCC2CCCO2)C1. The molecule has 100 valence electrons. The smallest absolute Gasteiger partial charge is 0.0576 e. The summed E-state index contributed by atoms with van der Waals surface area (Å²) in [6.45, 7) is 5.72. The van der Waals surface area contributed by atoms with Crippen LogP contribution in [0.3, 0.4) is 0 Å². The Morgan fingerprint density at radius 2 is 2.06 bits per heavy atom. The molecule has 2 heteroatoms. The molecule has 1 aliphatic carbocycles. The summed E-state index contributed by atoms with van der Waals surface area (Å²) in [5.41, 5.74) is 7.15. The molecule has 0 aromatic carbocycles. The molecule has 0 radical (unpaired) electrons. The van der Waals surface area contributed by atoms with Crippen molar-refractivity contribution >= 4 is 0 Å². The lowest BCUT2D eigenvalue weighted by Crippen LogP contribution is -2.46. The molecule has 17 heavy (non-hydrogen) atoms. The Balaban J connectivity index is 1.73. The Hall–Kier alpha value is -0.0800. The number of ether oxygens (including phenoxy) is 1. The van der Waals surface area contributed by atoms with Crippen LogP contribution in [0.4, 0.5) is 0 Å². The molecule has 1 saturated heterocycles. The lowest BCUT2D eigenvalue weighted by molar-refractivity contribution is 0.0937. The van der Waals surface area contributed by atoms with E-state index >= 15 is 0 Å². The Morgan fingerprint density at radius 3 is 2.71 bits per heavy atom. The average Bonchev–Trinajstić information content (AvgIpc) is 2.68. The summed E-state index contributed by atoms with van der Waals surface area (Å²) in [6, 6.07) is 0. The second kappa shape index (κ2) is 5.27. The molecular formula is C15H29NO. The molecule has 0 aromatic heterocycles. The van der Waals surface area contributed by atoms with E-state index in [0.717, 1.165) is 6.61 Å². The number of rotatable bonds is 4. The highest BCUT2D eigenvalue weighted by Gasteiger charge is 2.36. The lowest BCUT2D eigenvalue weighted by atomic mass is 9.67. The zero-order valence-electron chi connectivity index (χ0n) is 11.6. The molecule has 2 N–H and O–H groups in total. The van der Waals surface area contributed by atoms with E-state index in [0.29, 0.717) is 11.5 Å². The van der Waals surface area contributed by atoms with Gasteiger partial charge in [-0.1, -0.05) is 20.3 Å². The molecule has 2 aliphatic rings. The van der Waals surface area contributed by atoms with Crippen molar-refractivity contribution in [2.24, 2.45) is 11.1 Å². The van der Waals surface area contributed by atoms with Gasteiger partial charge in [0.05, 0.1) is 6.10 Å². The fourth-order valence-corrected chi connectivity index (χ4v) is 3.82. The van der Waals surface area contributed by atoms with Crippen LogP contribution < -0.4 is 5.73 Å². The average molecular weight is 239 g/mol. The summed E-state index contributed by atoms with van der Waals surface area (Å²) < 4.78 is 5.68. The summed E-state index contributed by atoms with van der Waals surface area (Å²) in [6.07, 6.45) is 11.8. The van der Waals surface area contributed by atoms with E-state index in [9.17, 15) is 0 Å². The zero-order valence-corrected chi connectivity index (χ0v) is 11.6. The maximum absolute atomic E-state index is 6.58. The summed E-state index contributed by atoms with van der Waals surface area (Å²) in [5.74, 6) is 0. The molecule has 2 atom stereocenters. The van der Waals surface area contributed by atoms with E-state index in [1.54, 1.807) is 0 Å². The second-order valence-corrected chi connectivity index (χ2v) is 7.08. The molecule has 2 rings (SSSR count). The first kappa shape index (κ1) is 13.4. The van der Waals surface area contributed by atoms with E-state index in [1.165, 1.54) is 57.8 Å². The minimum absolute atomic E-state index is 0.111. The standard InChI is InChI=1S/C15H29NO/c1-14(2)8-5-10-15(16,12-14)9-3-6-13-7-4-11-17-13/h13H,3-12,16H2,1-2H3. The minimum atomic E-state index is 0.111. The first-order valence-corrected chi connectivity index (χ1v) is 7.40. The van der Waals surface area contributed by atoms with E-state index in [2.05, 4.69) is 13.8 Å². The molecule has 0 aromatic rings. The summed E-state index contributed by atoms with van der Waals surface area (Å²) in [7, 11) is 0. The molecule has 2 fully saturated rings. The molecule has 1 heterocycles. The van der Waals surface area contributed by atoms with Crippen LogP contribution in [-0.4, -0.2) is 18.2 Å². The molecular weight excluding hydrogens is 210 g/mol. The van der Waals surface area contributed by atoms with Crippen LogP contribution in [-0.2, 0) is 4.74 Å². The highest BCUT2D eigenvalue weighted by molar-refractivity contribution is 4.94. The Morgan fingerprint density at radius 1 is 1.24 bits per heavy atom. The molecule has 0 bridgehead atoms. The molecule has 2 nitrogen and oxygen atoms in total. The monoisotopic (exact) mass is 239 g/mol. The highest BCUT2D eigenvalue weighted by Crippen LogP contribution is 2.41. The van der Waals surface area contributed by atoms with E-state index in [1.807, 2.05) is 0 Å². The van der Waals surface area contributed by atoms with Crippen LogP contribution in [0.1, 0.15) is 71.6 Å². The molecule has 1 aliphatic heterocycles. The van der Waals surface area contributed by atoms with Crippen LogP contribution in [0.2, 0.25) is 0 Å². The molecule has 1 saturated carbocycles. The maximum Gasteiger partial charge on any atom is 0.0576 e. The lowest BCUT2D eigenvalue weighted by Gasteiger charge is -2.43. The predicted octanol–water partition coefficient (Wildman–Crippen LogP) is 3.63. The van der Waals surface area contributed by atoms with Crippen molar-refractivity contribution in [2.75, 3.05) is 6.61 Å². The van der Waals surface area contributed by atoms with Crippen LogP contribution in [0.15, 0.2) is 0 Å². The van der Waals surface area contributed by atoms with Crippen molar-refractivity contribution in [2.45, 2.75) is 83.3 Å². The van der Waals surface area contributed by atoms with Crippen molar-refractivity contribution in [3.8, 4) is 0 Å². The van der Waals surface area contributed by atoms with Crippen molar-refractivity contribution in [3.63, 3.8) is 0 Å². The fourth-order valence-electron chi connectivity index (χ4n) is 3.82. The van der Waals surface area contributed by atoms with Gasteiger partial charge in [0.15, 0.2) is 0 Å². The van der Waals surface area contributed by atoms with Gasteiger partial charge in [-0.2, -0.15) is 0 Å². The van der Waals surface area contributed by atoms with Crippen LogP contribution in [0.5, 0.6) is 0 Å². The van der Waals surface area contributed by atoms with Crippen molar-refractivity contribution in [1.29, 1.82) is 0 Å². The van der Waals surface area contributed by atoms with Gasteiger partial charge in [-0.15, -0.1) is 0 Å². The highest BCUT2D eigenvalue weighted by atomic mass is 16.5. The summed E-state index contributed by atoms with van der Waals surface area (Å²) >= 11 is 0.